The number of hydrogen-bond donors (Lipinski definition) is 0. The van der Waals surface area contributed by atoms with E-state index in [-0.39, 0.29) is 0 Å². The molecule has 0 aliphatic rings. The standard InChI is InChI=1S/C69H43N7/c1-4-20-44(21-5-1)67-70-68(45-22-18-28-49(40-45)75-59-35-15-12-32-53(59)57-42-63-56(43-64(57)75)52-31-11-14-34-58(52)74(63)48-26-8-3-9-27-48)72-69(71-67)46-23-19-29-50(41-46)76-60-36-16-10-30-51(60)54-38-39-62-65(66(54)76)55-33-13-17-37-61(55)73(62)47-24-6-2-7-25-47/h1-43H. The van der Waals surface area contributed by atoms with E-state index in [2.05, 4.69) is 261 Å². The summed E-state index contributed by atoms with van der Waals surface area (Å²) >= 11 is 0. The third-order valence-corrected chi connectivity index (χ3v) is 15.4. The van der Waals surface area contributed by atoms with Crippen LogP contribution >= 0.6 is 0 Å². The van der Waals surface area contributed by atoms with Crippen LogP contribution in [0.4, 0.5) is 0 Å². The molecule has 0 spiro atoms. The van der Waals surface area contributed by atoms with Gasteiger partial charge in [0.2, 0.25) is 0 Å². The van der Waals surface area contributed by atoms with Crippen LogP contribution in [0.15, 0.2) is 261 Å². The van der Waals surface area contributed by atoms with Crippen LogP contribution in [-0.2, 0) is 0 Å². The Bertz CT molecular complexity index is 4980. The molecule has 354 valence electrons. The number of para-hydroxylation sites is 6. The number of benzene rings is 11. The maximum Gasteiger partial charge on any atom is 0.164 e. The van der Waals surface area contributed by atoms with Crippen LogP contribution in [0.5, 0.6) is 0 Å². The second-order valence-corrected chi connectivity index (χ2v) is 19.6. The number of rotatable bonds is 7. The van der Waals surface area contributed by atoms with Crippen LogP contribution in [0, 0.1) is 0 Å². The molecule has 11 aromatic carbocycles. The van der Waals surface area contributed by atoms with E-state index < -0.39 is 0 Å². The van der Waals surface area contributed by atoms with E-state index >= 15 is 0 Å². The van der Waals surface area contributed by atoms with Crippen LogP contribution in [0.1, 0.15) is 0 Å². The van der Waals surface area contributed by atoms with Crippen molar-refractivity contribution in [1.82, 2.24) is 33.2 Å². The lowest BCUT2D eigenvalue weighted by molar-refractivity contribution is 1.07. The average Bonchev–Trinajstić information content (AvgIpc) is 4.40. The fourth-order valence-corrected chi connectivity index (χ4v) is 12.1. The smallest absolute Gasteiger partial charge is 0.164 e. The first-order valence-electron chi connectivity index (χ1n) is 25.8. The van der Waals surface area contributed by atoms with Crippen LogP contribution < -0.4 is 0 Å². The van der Waals surface area contributed by atoms with Crippen molar-refractivity contribution >= 4 is 87.2 Å². The maximum atomic E-state index is 5.38. The van der Waals surface area contributed by atoms with Crippen molar-refractivity contribution in [1.29, 1.82) is 0 Å². The molecule has 5 aromatic heterocycles. The van der Waals surface area contributed by atoms with E-state index in [4.69, 9.17) is 15.0 Å². The highest BCUT2D eigenvalue weighted by molar-refractivity contribution is 6.26. The number of aromatic nitrogens is 7. The molecule has 0 aliphatic heterocycles. The van der Waals surface area contributed by atoms with Crippen molar-refractivity contribution in [3.8, 4) is 56.9 Å². The van der Waals surface area contributed by atoms with Gasteiger partial charge in [0, 0.05) is 82.5 Å². The SMILES string of the molecule is c1ccc(-c2nc(-c3cccc(-n4c5ccccc5c5cc6c(cc54)c4ccccc4n6-c4ccccc4)c3)nc(-c3cccc(-n4c5ccccc5c5ccc6c(c7ccccc7n6-c6ccccc6)c54)c3)n2)cc1. The summed E-state index contributed by atoms with van der Waals surface area (Å²) in [6, 6.07) is 93.2. The minimum absolute atomic E-state index is 0.594. The lowest BCUT2D eigenvalue weighted by Gasteiger charge is -2.13. The summed E-state index contributed by atoms with van der Waals surface area (Å²) in [7, 11) is 0. The highest BCUT2D eigenvalue weighted by Crippen LogP contribution is 2.44. The zero-order valence-corrected chi connectivity index (χ0v) is 41.0. The predicted octanol–water partition coefficient (Wildman–Crippen LogP) is 17.3. The summed E-state index contributed by atoms with van der Waals surface area (Å²) < 4.78 is 9.61. The van der Waals surface area contributed by atoms with Crippen molar-refractivity contribution in [2.75, 3.05) is 0 Å². The van der Waals surface area contributed by atoms with Gasteiger partial charge >= 0.3 is 0 Å². The van der Waals surface area contributed by atoms with Gasteiger partial charge in [-0.1, -0.05) is 170 Å². The molecule has 16 rings (SSSR count). The summed E-state index contributed by atoms with van der Waals surface area (Å²) in [6.45, 7) is 0. The number of fused-ring (bicyclic) bond motifs is 13. The highest BCUT2D eigenvalue weighted by Gasteiger charge is 2.23. The fourth-order valence-electron chi connectivity index (χ4n) is 12.1. The summed E-state index contributed by atoms with van der Waals surface area (Å²) in [6.07, 6.45) is 0. The van der Waals surface area contributed by atoms with Gasteiger partial charge in [0.05, 0.1) is 44.1 Å². The van der Waals surface area contributed by atoms with Gasteiger partial charge in [0.25, 0.3) is 0 Å². The van der Waals surface area contributed by atoms with E-state index in [1.54, 1.807) is 0 Å². The molecular formula is C69H43N7. The lowest BCUT2D eigenvalue weighted by Crippen LogP contribution is -2.02. The van der Waals surface area contributed by atoms with Crippen molar-refractivity contribution in [3.63, 3.8) is 0 Å². The lowest BCUT2D eigenvalue weighted by atomic mass is 10.1. The van der Waals surface area contributed by atoms with Crippen molar-refractivity contribution < 1.29 is 0 Å². The summed E-state index contributed by atoms with van der Waals surface area (Å²) in [5, 5.41) is 9.60. The Hall–Kier alpha value is -10.4. The Morgan fingerprint density at radius 3 is 1.12 bits per heavy atom. The molecule has 0 amide bonds. The Kier molecular flexibility index (Phi) is 9.20. The molecule has 0 N–H and O–H groups in total. The maximum absolute atomic E-state index is 5.38. The van der Waals surface area contributed by atoms with Crippen LogP contribution in [-0.4, -0.2) is 33.2 Å². The van der Waals surface area contributed by atoms with Crippen molar-refractivity contribution in [2.24, 2.45) is 0 Å². The van der Waals surface area contributed by atoms with E-state index in [0.717, 1.165) is 67.0 Å². The van der Waals surface area contributed by atoms with Crippen LogP contribution in [0.25, 0.3) is 144 Å². The molecule has 76 heavy (non-hydrogen) atoms. The average molecular weight is 970 g/mol. The quantitative estimate of drug-likeness (QED) is 0.160. The largest absolute Gasteiger partial charge is 0.309 e. The fraction of sp³-hybridized carbons (Fsp3) is 0. The molecule has 7 nitrogen and oxygen atoms in total. The summed E-state index contributed by atoms with van der Waals surface area (Å²) in [5.74, 6) is 1.80. The molecular weight excluding hydrogens is 927 g/mol. The topological polar surface area (TPSA) is 58.4 Å². The number of hydrogen-bond acceptors (Lipinski definition) is 3. The van der Waals surface area contributed by atoms with Crippen molar-refractivity contribution in [3.05, 3.63) is 261 Å². The summed E-state index contributed by atoms with van der Waals surface area (Å²) in [4.78, 5) is 15.9. The molecule has 0 saturated carbocycles. The van der Waals surface area contributed by atoms with Crippen LogP contribution in [0.3, 0.4) is 0 Å². The monoisotopic (exact) mass is 969 g/mol. The summed E-state index contributed by atoms with van der Waals surface area (Å²) in [5.41, 5.74) is 16.2. The first-order chi connectivity index (χ1) is 37.7. The molecule has 0 radical (unpaired) electrons. The molecule has 0 saturated heterocycles. The Balaban J connectivity index is 0.885. The molecule has 7 heteroatoms. The molecule has 0 fully saturated rings. The first kappa shape index (κ1) is 42.2. The van der Waals surface area contributed by atoms with Crippen LogP contribution in [0.2, 0.25) is 0 Å². The first-order valence-corrected chi connectivity index (χ1v) is 25.8. The minimum atomic E-state index is 0.594. The zero-order valence-electron chi connectivity index (χ0n) is 41.0. The van der Waals surface area contributed by atoms with Gasteiger partial charge in [-0.2, -0.15) is 0 Å². The van der Waals surface area contributed by atoms with E-state index in [0.29, 0.717) is 17.5 Å². The normalized spacial score (nSPS) is 11.9. The van der Waals surface area contributed by atoms with Gasteiger partial charge in [0.15, 0.2) is 17.5 Å². The van der Waals surface area contributed by atoms with Gasteiger partial charge in [-0.05, 0) is 91.0 Å². The second-order valence-electron chi connectivity index (χ2n) is 19.6. The predicted molar refractivity (Wildman–Crippen MR) is 313 cm³/mol. The molecule has 5 heterocycles. The molecule has 0 unspecified atom stereocenters. The van der Waals surface area contributed by atoms with Gasteiger partial charge in [0.1, 0.15) is 0 Å². The Labute approximate surface area is 436 Å². The van der Waals surface area contributed by atoms with E-state index in [9.17, 15) is 0 Å². The Morgan fingerprint density at radius 1 is 0.211 bits per heavy atom. The number of nitrogens with zero attached hydrogens (tertiary/aromatic N) is 7. The molecule has 0 atom stereocenters. The highest BCUT2D eigenvalue weighted by atomic mass is 15.1. The molecule has 16 aromatic rings. The molecule has 0 aliphatic carbocycles. The third-order valence-electron chi connectivity index (χ3n) is 15.4. The van der Waals surface area contributed by atoms with E-state index in [1.165, 1.54) is 59.6 Å². The van der Waals surface area contributed by atoms with Gasteiger partial charge in [-0.3, -0.25) is 0 Å². The Morgan fingerprint density at radius 2 is 0.579 bits per heavy atom. The van der Waals surface area contributed by atoms with Gasteiger partial charge < -0.3 is 18.3 Å². The van der Waals surface area contributed by atoms with Gasteiger partial charge in [-0.15, -0.1) is 0 Å². The zero-order chi connectivity index (χ0) is 49.8. The third kappa shape index (κ3) is 6.33. The minimum Gasteiger partial charge on any atom is -0.309 e. The van der Waals surface area contributed by atoms with Crippen molar-refractivity contribution in [2.45, 2.75) is 0 Å². The second kappa shape index (κ2) is 16.6. The van der Waals surface area contributed by atoms with E-state index in [1.807, 2.05) is 18.2 Å². The van der Waals surface area contributed by atoms with Gasteiger partial charge in [-0.25, -0.2) is 15.0 Å². The molecule has 0 bridgehead atoms.